The predicted octanol–water partition coefficient (Wildman–Crippen LogP) is 1.81. The lowest BCUT2D eigenvalue weighted by atomic mass is 10.1. The Morgan fingerprint density at radius 3 is 2.83 bits per heavy atom. The maximum absolute atomic E-state index is 13.2. The number of halogens is 1. The van der Waals surface area contributed by atoms with E-state index in [4.69, 9.17) is 10.9 Å². The van der Waals surface area contributed by atoms with Gasteiger partial charge in [-0.25, -0.2) is 4.39 Å². The highest BCUT2D eigenvalue weighted by molar-refractivity contribution is 5.98. The maximum atomic E-state index is 13.2. The summed E-state index contributed by atoms with van der Waals surface area (Å²) in [6.07, 6.45) is 1.13. The predicted molar refractivity (Wildman–Crippen MR) is 67.9 cm³/mol. The van der Waals surface area contributed by atoms with E-state index in [9.17, 15) is 4.39 Å². The Morgan fingerprint density at radius 1 is 1.61 bits per heavy atom. The number of oxime groups is 1. The molecular formula is C13H18FN3O. The number of hydrogen-bond donors (Lipinski definition) is 3. The molecule has 0 aromatic heterocycles. The molecule has 4 nitrogen and oxygen atoms in total. The molecule has 0 bridgehead atoms. The Hall–Kier alpha value is -1.62. The average molecular weight is 251 g/mol. The van der Waals surface area contributed by atoms with Crippen molar-refractivity contribution in [3.8, 4) is 0 Å². The van der Waals surface area contributed by atoms with Gasteiger partial charge in [-0.05, 0) is 29.5 Å². The third-order valence-electron chi connectivity index (χ3n) is 3.51. The zero-order valence-electron chi connectivity index (χ0n) is 10.6. The van der Waals surface area contributed by atoms with Crippen molar-refractivity contribution < 1.29 is 9.60 Å². The molecule has 0 aliphatic heterocycles. The summed E-state index contributed by atoms with van der Waals surface area (Å²) >= 11 is 0. The highest BCUT2D eigenvalue weighted by atomic mass is 19.1. The van der Waals surface area contributed by atoms with E-state index in [1.54, 1.807) is 6.07 Å². The summed E-state index contributed by atoms with van der Waals surface area (Å²) in [6, 6.07) is 4.79. The lowest BCUT2D eigenvalue weighted by Crippen LogP contribution is -2.23. The van der Waals surface area contributed by atoms with Crippen LogP contribution in [0.1, 0.15) is 31.4 Å². The van der Waals surface area contributed by atoms with Gasteiger partial charge in [-0.1, -0.05) is 25.1 Å². The van der Waals surface area contributed by atoms with Gasteiger partial charge in [-0.3, -0.25) is 0 Å². The highest BCUT2D eigenvalue weighted by Crippen LogP contribution is 2.44. The lowest BCUT2D eigenvalue weighted by molar-refractivity contribution is 0.318. The molecule has 0 radical (unpaired) electrons. The van der Waals surface area contributed by atoms with Gasteiger partial charge in [-0.2, -0.15) is 0 Å². The van der Waals surface area contributed by atoms with Gasteiger partial charge in [0, 0.05) is 18.2 Å². The van der Waals surface area contributed by atoms with Crippen LogP contribution in [0.25, 0.3) is 0 Å². The fourth-order valence-corrected chi connectivity index (χ4v) is 2.04. The Balaban J connectivity index is 2.12. The van der Waals surface area contributed by atoms with Crippen LogP contribution in [0.5, 0.6) is 0 Å². The molecule has 98 valence electrons. The van der Waals surface area contributed by atoms with E-state index in [2.05, 4.69) is 24.3 Å². The Morgan fingerprint density at radius 2 is 2.28 bits per heavy atom. The zero-order valence-corrected chi connectivity index (χ0v) is 10.6. The molecule has 5 heteroatoms. The van der Waals surface area contributed by atoms with Gasteiger partial charge < -0.3 is 16.3 Å². The quantitative estimate of drug-likeness (QED) is 0.331. The third kappa shape index (κ3) is 2.61. The topological polar surface area (TPSA) is 70.6 Å². The lowest BCUT2D eigenvalue weighted by Gasteiger charge is -2.11. The van der Waals surface area contributed by atoms with E-state index in [-0.39, 0.29) is 5.84 Å². The minimum absolute atomic E-state index is 0.0682. The first kappa shape index (κ1) is 12.8. The van der Waals surface area contributed by atoms with E-state index in [0.29, 0.717) is 23.6 Å². The first-order valence-corrected chi connectivity index (χ1v) is 5.94. The summed E-state index contributed by atoms with van der Waals surface area (Å²) in [5, 5.41) is 15.0. The van der Waals surface area contributed by atoms with Crippen LogP contribution in [0, 0.1) is 11.2 Å². The van der Waals surface area contributed by atoms with Crippen LogP contribution in [0.2, 0.25) is 0 Å². The molecule has 1 saturated carbocycles. The molecule has 0 amide bonds. The van der Waals surface area contributed by atoms with Crippen LogP contribution >= 0.6 is 0 Å². The van der Waals surface area contributed by atoms with Gasteiger partial charge in [0.15, 0.2) is 5.84 Å². The minimum Gasteiger partial charge on any atom is -0.409 e. The fourth-order valence-electron chi connectivity index (χ4n) is 2.04. The van der Waals surface area contributed by atoms with Crippen molar-refractivity contribution >= 4 is 5.84 Å². The van der Waals surface area contributed by atoms with Gasteiger partial charge in [-0.15, -0.1) is 0 Å². The first-order valence-electron chi connectivity index (χ1n) is 5.94. The molecular weight excluding hydrogens is 233 g/mol. The van der Waals surface area contributed by atoms with Gasteiger partial charge in [0.25, 0.3) is 0 Å². The second-order valence-corrected chi connectivity index (χ2v) is 5.41. The van der Waals surface area contributed by atoms with Crippen molar-refractivity contribution in [1.29, 1.82) is 0 Å². The smallest absolute Gasteiger partial charge is 0.170 e. The Bertz CT molecular complexity index is 485. The largest absolute Gasteiger partial charge is 0.409 e. The molecule has 18 heavy (non-hydrogen) atoms. The number of benzene rings is 1. The van der Waals surface area contributed by atoms with Gasteiger partial charge in [0.1, 0.15) is 5.82 Å². The normalized spacial score (nSPS) is 21.9. The van der Waals surface area contributed by atoms with Crippen LogP contribution in [0.3, 0.4) is 0 Å². The van der Waals surface area contributed by atoms with Gasteiger partial charge in [0.2, 0.25) is 0 Å². The van der Waals surface area contributed by atoms with Crippen molar-refractivity contribution in [2.75, 3.05) is 0 Å². The number of amidine groups is 1. The molecule has 1 aliphatic rings. The third-order valence-corrected chi connectivity index (χ3v) is 3.51. The van der Waals surface area contributed by atoms with Crippen LogP contribution in [0.15, 0.2) is 23.4 Å². The molecule has 1 aromatic carbocycles. The SMILES string of the molecule is CC1(C)CC1NCc1ccc(F)cc1C(N)=NO. The second kappa shape index (κ2) is 4.57. The first-order chi connectivity index (χ1) is 8.44. The summed E-state index contributed by atoms with van der Waals surface area (Å²) in [4.78, 5) is 0. The summed E-state index contributed by atoms with van der Waals surface area (Å²) in [5.41, 5.74) is 7.14. The average Bonchev–Trinajstić information content (AvgIpc) is 2.94. The van der Waals surface area contributed by atoms with Crippen molar-refractivity contribution in [1.82, 2.24) is 5.32 Å². The molecule has 1 aromatic rings. The van der Waals surface area contributed by atoms with Crippen LogP contribution < -0.4 is 11.1 Å². The zero-order chi connectivity index (χ0) is 13.3. The van der Waals surface area contributed by atoms with Crippen LogP contribution in [-0.2, 0) is 6.54 Å². The van der Waals surface area contributed by atoms with E-state index in [1.165, 1.54) is 12.1 Å². The van der Waals surface area contributed by atoms with E-state index in [1.807, 2.05) is 0 Å². The molecule has 1 aliphatic carbocycles. The van der Waals surface area contributed by atoms with Gasteiger partial charge in [0.05, 0.1) is 0 Å². The molecule has 1 fully saturated rings. The molecule has 1 unspecified atom stereocenters. The fraction of sp³-hybridized carbons (Fsp3) is 0.462. The standard InChI is InChI=1S/C13H18FN3O/c1-13(2)6-11(13)16-7-8-3-4-9(14)5-10(8)12(15)17-18/h3-5,11,16,18H,6-7H2,1-2H3,(H2,15,17). The maximum Gasteiger partial charge on any atom is 0.170 e. The molecule has 0 heterocycles. The van der Waals surface area contributed by atoms with E-state index >= 15 is 0 Å². The molecule has 0 spiro atoms. The monoisotopic (exact) mass is 251 g/mol. The van der Waals surface area contributed by atoms with E-state index in [0.717, 1.165) is 12.0 Å². The highest BCUT2D eigenvalue weighted by Gasteiger charge is 2.45. The second-order valence-electron chi connectivity index (χ2n) is 5.41. The van der Waals surface area contributed by atoms with Crippen molar-refractivity contribution in [2.24, 2.45) is 16.3 Å². The minimum atomic E-state index is -0.396. The summed E-state index contributed by atoms with van der Waals surface area (Å²) < 4.78 is 13.2. The van der Waals surface area contributed by atoms with Crippen LogP contribution in [0.4, 0.5) is 4.39 Å². The molecule has 4 N–H and O–H groups in total. The number of nitrogens with one attached hydrogen (secondary N) is 1. The number of nitrogens with zero attached hydrogens (tertiary/aromatic N) is 1. The van der Waals surface area contributed by atoms with Gasteiger partial charge >= 0.3 is 0 Å². The van der Waals surface area contributed by atoms with E-state index < -0.39 is 5.82 Å². The van der Waals surface area contributed by atoms with Crippen molar-refractivity contribution in [3.63, 3.8) is 0 Å². The Kier molecular flexibility index (Phi) is 3.26. The number of rotatable bonds is 4. The number of nitrogens with two attached hydrogens (primary N) is 1. The Labute approximate surface area is 106 Å². The molecule has 1 atom stereocenters. The van der Waals surface area contributed by atoms with Crippen molar-refractivity contribution in [3.05, 3.63) is 35.1 Å². The summed E-state index contributed by atoms with van der Waals surface area (Å²) in [6.45, 7) is 4.97. The summed E-state index contributed by atoms with van der Waals surface area (Å²) in [7, 11) is 0. The van der Waals surface area contributed by atoms with Crippen LogP contribution in [-0.4, -0.2) is 17.1 Å². The van der Waals surface area contributed by atoms with Crippen molar-refractivity contribution in [2.45, 2.75) is 32.9 Å². The molecule has 0 saturated heterocycles. The number of hydrogen-bond acceptors (Lipinski definition) is 3. The molecule has 2 rings (SSSR count). The summed E-state index contributed by atoms with van der Waals surface area (Å²) in [5.74, 6) is -0.464.